The summed E-state index contributed by atoms with van der Waals surface area (Å²) >= 11 is 0. The zero-order chi connectivity index (χ0) is 22.9. The molecule has 0 aromatic heterocycles. The zero-order valence-corrected chi connectivity index (χ0v) is 19.1. The molecule has 4 nitrogen and oxygen atoms in total. The third-order valence-corrected chi connectivity index (χ3v) is 6.71. The summed E-state index contributed by atoms with van der Waals surface area (Å²) in [6.45, 7) is 6.11. The molecule has 0 spiro atoms. The second-order valence-electron chi connectivity index (χ2n) is 9.10. The van der Waals surface area contributed by atoms with E-state index in [0.717, 1.165) is 47.5 Å². The molecule has 2 aliphatic heterocycles. The SMILES string of the molecule is Cc1ccc(C)c([C@@H]2CC(c3ccc(F)cc3)=NN2C(=O)CN2CCc3ccccc3C2)c1. The van der Waals surface area contributed by atoms with E-state index in [0.29, 0.717) is 13.0 Å². The summed E-state index contributed by atoms with van der Waals surface area (Å²) in [5, 5.41) is 6.45. The lowest BCUT2D eigenvalue weighted by Gasteiger charge is -2.30. The van der Waals surface area contributed by atoms with Crippen LogP contribution in [0, 0.1) is 19.7 Å². The molecule has 0 saturated heterocycles. The molecule has 1 atom stereocenters. The smallest absolute Gasteiger partial charge is 0.257 e. The second kappa shape index (κ2) is 8.91. The number of amides is 1. The van der Waals surface area contributed by atoms with Gasteiger partial charge in [-0.3, -0.25) is 9.69 Å². The van der Waals surface area contributed by atoms with E-state index < -0.39 is 0 Å². The van der Waals surface area contributed by atoms with Crippen LogP contribution in [0.25, 0.3) is 0 Å². The Labute approximate surface area is 194 Å². The summed E-state index contributed by atoms with van der Waals surface area (Å²) in [7, 11) is 0. The van der Waals surface area contributed by atoms with Gasteiger partial charge in [-0.05, 0) is 60.2 Å². The Morgan fingerprint density at radius 1 is 1.03 bits per heavy atom. The van der Waals surface area contributed by atoms with E-state index in [2.05, 4.69) is 61.2 Å². The average molecular weight is 442 g/mol. The number of carbonyl (C=O) groups is 1. The number of hydrazone groups is 1. The van der Waals surface area contributed by atoms with E-state index in [-0.39, 0.29) is 17.8 Å². The molecule has 2 heterocycles. The molecule has 3 aromatic carbocycles. The number of fused-ring (bicyclic) bond motifs is 1. The third kappa shape index (κ3) is 4.46. The van der Waals surface area contributed by atoms with Gasteiger partial charge in [-0.1, -0.05) is 60.2 Å². The highest BCUT2D eigenvalue weighted by Crippen LogP contribution is 2.35. The Bertz CT molecular complexity index is 1220. The molecule has 2 aliphatic rings. The first-order valence-electron chi connectivity index (χ1n) is 11.5. The second-order valence-corrected chi connectivity index (χ2v) is 9.10. The number of rotatable bonds is 4. The summed E-state index contributed by atoms with van der Waals surface area (Å²) in [5.74, 6) is -0.279. The van der Waals surface area contributed by atoms with Gasteiger partial charge in [0.25, 0.3) is 5.91 Å². The monoisotopic (exact) mass is 441 g/mol. The average Bonchev–Trinajstić information content (AvgIpc) is 3.26. The molecule has 1 amide bonds. The fourth-order valence-corrected chi connectivity index (χ4v) is 4.87. The fourth-order valence-electron chi connectivity index (χ4n) is 4.87. The molecule has 33 heavy (non-hydrogen) atoms. The maximum Gasteiger partial charge on any atom is 0.257 e. The fraction of sp³-hybridized carbons (Fsp3) is 0.286. The van der Waals surface area contributed by atoms with E-state index in [1.165, 1.54) is 23.3 Å². The summed E-state index contributed by atoms with van der Waals surface area (Å²) in [6, 6.07) is 21.0. The quantitative estimate of drug-likeness (QED) is 0.559. The highest BCUT2D eigenvalue weighted by atomic mass is 19.1. The van der Waals surface area contributed by atoms with Gasteiger partial charge in [0.05, 0.1) is 18.3 Å². The highest BCUT2D eigenvalue weighted by Gasteiger charge is 2.35. The van der Waals surface area contributed by atoms with Crippen LogP contribution in [0.1, 0.15) is 45.8 Å². The number of nitrogens with zero attached hydrogens (tertiary/aromatic N) is 3. The topological polar surface area (TPSA) is 35.9 Å². The first kappa shape index (κ1) is 21.5. The van der Waals surface area contributed by atoms with Crippen LogP contribution in [0.15, 0.2) is 71.8 Å². The Hall–Kier alpha value is -3.31. The normalized spacial score (nSPS) is 18.2. The molecule has 0 fully saturated rings. The highest BCUT2D eigenvalue weighted by molar-refractivity contribution is 6.03. The lowest BCUT2D eigenvalue weighted by molar-refractivity contribution is -0.134. The molecule has 0 N–H and O–H groups in total. The first-order chi connectivity index (χ1) is 16.0. The van der Waals surface area contributed by atoms with Gasteiger partial charge in [-0.15, -0.1) is 0 Å². The number of carbonyl (C=O) groups excluding carboxylic acids is 1. The van der Waals surface area contributed by atoms with Crippen molar-refractivity contribution in [2.45, 2.75) is 39.3 Å². The van der Waals surface area contributed by atoms with Gasteiger partial charge in [0.2, 0.25) is 0 Å². The van der Waals surface area contributed by atoms with Crippen molar-refractivity contribution in [3.8, 4) is 0 Å². The Kier molecular flexibility index (Phi) is 5.81. The van der Waals surface area contributed by atoms with Gasteiger partial charge in [0.15, 0.2) is 0 Å². The maximum absolute atomic E-state index is 13.6. The molecule has 5 heteroatoms. The third-order valence-electron chi connectivity index (χ3n) is 6.71. The minimum absolute atomic E-state index is 0.00241. The van der Waals surface area contributed by atoms with E-state index >= 15 is 0 Å². The van der Waals surface area contributed by atoms with E-state index in [1.54, 1.807) is 17.1 Å². The summed E-state index contributed by atoms with van der Waals surface area (Å²) in [5.41, 5.74) is 7.75. The van der Waals surface area contributed by atoms with Gasteiger partial charge in [-0.2, -0.15) is 5.10 Å². The standard InChI is InChI=1S/C28H28FN3O/c1-19-7-8-20(2)25(15-19)27-16-26(22-9-11-24(29)12-10-22)30-32(27)28(33)18-31-14-13-21-5-3-4-6-23(21)17-31/h3-12,15,27H,13-14,16-18H2,1-2H3/t27-/m0/s1. The largest absolute Gasteiger partial charge is 0.290 e. The summed E-state index contributed by atoms with van der Waals surface area (Å²) in [6.07, 6.45) is 1.57. The van der Waals surface area contributed by atoms with Crippen LogP contribution < -0.4 is 0 Å². The van der Waals surface area contributed by atoms with Gasteiger partial charge in [0, 0.05) is 19.5 Å². The first-order valence-corrected chi connectivity index (χ1v) is 11.5. The van der Waals surface area contributed by atoms with Gasteiger partial charge in [-0.25, -0.2) is 9.40 Å². The minimum Gasteiger partial charge on any atom is -0.290 e. The molecule has 168 valence electrons. The summed E-state index contributed by atoms with van der Waals surface area (Å²) in [4.78, 5) is 15.8. The van der Waals surface area contributed by atoms with E-state index in [1.807, 2.05) is 0 Å². The molecule has 5 rings (SSSR count). The number of halogens is 1. The number of hydrogen-bond donors (Lipinski definition) is 0. The number of hydrogen-bond acceptors (Lipinski definition) is 3. The van der Waals surface area contributed by atoms with Crippen LogP contribution in [0.4, 0.5) is 4.39 Å². The Morgan fingerprint density at radius 3 is 2.58 bits per heavy atom. The minimum atomic E-state index is -0.276. The van der Waals surface area contributed by atoms with Crippen molar-refractivity contribution in [1.29, 1.82) is 0 Å². The van der Waals surface area contributed by atoms with Crippen molar-refractivity contribution in [3.63, 3.8) is 0 Å². The molecule has 0 bridgehead atoms. The van der Waals surface area contributed by atoms with Crippen LogP contribution in [0.3, 0.4) is 0 Å². The van der Waals surface area contributed by atoms with Crippen molar-refractivity contribution < 1.29 is 9.18 Å². The van der Waals surface area contributed by atoms with Crippen LogP contribution in [-0.4, -0.2) is 34.6 Å². The van der Waals surface area contributed by atoms with Gasteiger partial charge < -0.3 is 0 Å². The van der Waals surface area contributed by atoms with Crippen LogP contribution >= 0.6 is 0 Å². The van der Waals surface area contributed by atoms with Crippen molar-refractivity contribution in [2.75, 3.05) is 13.1 Å². The molecule has 3 aromatic rings. The number of aryl methyl sites for hydroxylation is 2. The lowest BCUT2D eigenvalue weighted by Crippen LogP contribution is -2.40. The van der Waals surface area contributed by atoms with Crippen LogP contribution in [0.2, 0.25) is 0 Å². The Balaban J connectivity index is 1.42. The van der Waals surface area contributed by atoms with Crippen LogP contribution in [0.5, 0.6) is 0 Å². The van der Waals surface area contributed by atoms with Gasteiger partial charge >= 0.3 is 0 Å². The zero-order valence-electron chi connectivity index (χ0n) is 19.1. The van der Waals surface area contributed by atoms with E-state index in [4.69, 9.17) is 5.10 Å². The predicted molar refractivity (Wildman–Crippen MR) is 128 cm³/mol. The Morgan fingerprint density at radius 2 is 1.79 bits per heavy atom. The number of benzene rings is 3. The predicted octanol–water partition coefficient (Wildman–Crippen LogP) is 5.18. The molecule has 0 aliphatic carbocycles. The maximum atomic E-state index is 13.6. The van der Waals surface area contributed by atoms with E-state index in [9.17, 15) is 9.18 Å². The van der Waals surface area contributed by atoms with Crippen molar-refractivity contribution in [3.05, 3.63) is 106 Å². The van der Waals surface area contributed by atoms with Gasteiger partial charge in [0.1, 0.15) is 5.82 Å². The van der Waals surface area contributed by atoms with Crippen molar-refractivity contribution in [2.24, 2.45) is 5.10 Å². The lowest BCUT2D eigenvalue weighted by atomic mass is 9.94. The van der Waals surface area contributed by atoms with Crippen molar-refractivity contribution >= 4 is 11.6 Å². The summed E-state index contributed by atoms with van der Waals surface area (Å²) < 4.78 is 13.5. The molecule has 0 radical (unpaired) electrons. The van der Waals surface area contributed by atoms with Crippen molar-refractivity contribution in [1.82, 2.24) is 9.91 Å². The molecule has 0 unspecified atom stereocenters. The van der Waals surface area contributed by atoms with Crippen LogP contribution in [-0.2, 0) is 17.8 Å². The molecular weight excluding hydrogens is 413 g/mol. The molecule has 0 saturated carbocycles. The molecular formula is C28H28FN3O.